The summed E-state index contributed by atoms with van der Waals surface area (Å²) in [4.78, 5) is 4.49. The summed E-state index contributed by atoms with van der Waals surface area (Å²) < 4.78 is 1.33. The quantitative estimate of drug-likeness (QED) is 0.855. The van der Waals surface area contributed by atoms with Gasteiger partial charge in [-0.25, -0.2) is 4.98 Å². The molecule has 1 saturated carbocycles. The van der Waals surface area contributed by atoms with Crippen molar-refractivity contribution >= 4 is 27.2 Å². The standard InChI is InChI=1S/C16H22N2S/c1-2-12-3-5-13(6-4-12)11-18-16-14-8-10-19-15(14)7-9-17-16/h7-10,12-13H,2-6,11H2,1H3,(H,17,18). The van der Waals surface area contributed by atoms with Crippen LogP contribution in [0.1, 0.15) is 39.0 Å². The first-order valence-corrected chi connectivity index (χ1v) is 8.31. The molecule has 0 saturated heterocycles. The van der Waals surface area contributed by atoms with Crippen molar-refractivity contribution in [1.29, 1.82) is 0 Å². The Labute approximate surface area is 119 Å². The second kappa shape index (κ2) is 5.91. The smallest absolute Gasteiger partial charge is 0.134 e. The topological polar surface area (TPSA) is 24.9 Å². The molecule has 1 fully saturated rings. The largest absolute Gasteiger partial charge is 0.369 e. The van der Waals surface area contributed by atoms with Crippen LogP contribution in [0.4, 0.5) is 5.82 Å². The van der Waals surface area contributed by atoms with Gasteiger partial charge in [-0.15, -0.1) is 11.3 Å². The van der Waals surface area contributed by atoms with Gasteiger partial charge in [0.05, 0.1) is 0 Å². The SMILES string of the molecule is CCC1CCC(CNc2nccc3sccc23)CC1. The van der Waals surface area contributed by atoms with Gasteiger partial charge in [-0.05, 0) is 42.2 Å². The Morgan fingerprint density at radius 2 is 2.00 bits per heavy atom. The minimum Gasteiger partial charge on any atom is -0.369 e. The van der Waals surface area contributed by atoms with Gasteiger partial charge in [0.25, 0.3) is 0 Å². The Kier molecular flexibility index (Phi) is 4.02. The van der Waals surface area contributed by atoms with Crippen molar-refractivity contribution in [1.82, 2.24) is 4.98 Å². The minimum absolute atomic E-state index is 0.832. The average Bonchev–Trinajstić information content (AvgIpc) is 2.94. The molecule has 0 bridgehead atoms. The normalized spacial score (nSPS) is 23.6. The molecule has 0 spiro atoms. The van der Waals surface area contributed by atoms with Gasteiger partial charge in [-0.2, -0.15) is 0 Å². The molecular weight excluding hydrogens is 252 g/mol. The van der Waals surface area contributed by atoms with Crippen LogP contribution in [0, 0.1) is 11.8 Å². The summed E-state index contributed by atoms with van der Waals surface area (Å²) in [5.74, 6) is 2.88. The molecule has 2 nitrogen and oxygen atoms in total. The van der Waals surface area contributed by atoms with Crippen LogP contribution in [-0.2, 0) is 0 Å². The van der Waals surface area contributed by atoms with Gasteiger partial charge in [0, 0.05) is 22.8 Å². The molecule has 2 aromatic rings. The second-order valence-electron chi connectivity index (χ2n) is 5.67. The number of hydrogen-bond acceptors (Lipinski definition) is 3. The summed E-state index contributed by atoms with van der Waals surface area (Å²) in [6, 6.07) is 4.26. The molecule has 3 rings (SSSR count). The molecule has 1 N–H and O–H groups in total. The van der Waals surface area contributed by atoms with Crippen molar-refractivity contribution < 1.29 is 0 Å². The van der Waals surface area contributed by atoms with E-state index in [4.69, 9.17) is 0 Å². The lowest BCUT2D eigenvalue weighted by atomic mass is 9.81. The number of fused-ring (bicyclic) bond motifs is 1. The van der Waals surface area contributed by atoms with Crippen LogP contribution in [0.25, 0.3) is 10.1 Å². The lowest BCUT2D eigenvalue weighted by Gasteiger charge is -2.28. The van der Waals surface area contributed by atoms with Crippen molar-refractivity contribution in [2.45, 2.75) is 39.0 Å². The summed E-state index contributed by atoms with van der Waals surface area (Å²) in [6.07, 6.45) is 8.86. The van der Waals surface area contributed by atoms with Gasteiger partial charge in [0.15, 0.2) is 0 Å². The van der Waals surface area contributed by atoms with E-state index in [1.165, 1.54) is 42.2 Å². The number of nitrogens with zero attached hydrogens (tertiary/aromatic N) is 1. The lowest BCUT2D eigenvalue weighted by Crippen LogP contribution is -2.21. The summed E-state index contributed by atoms with van der Waals surface area (Å²) >= 11 is 1.79. The zero-order valence-corrected chi connectivity index (χ0v) is 12.4. The summed E-state index contributed by atoms with van der Waals surface area (Å²) in [5.41, 5.74) is 0. The fraction of sp³-hybridized carbons (Fsp3) is 0.562. The van der Waals surface area contributed by atoms with E-state index in [2.05, 4.69) is 34.7 Å². The minimum atomic E-state index is 0.832. The molecule has 2 heterocycles. The fourth-order valence-electron chi connectivity index (χ4n) is 3.12. The number of nitrogens with one attached hydrogen (secondary N) is 1. The molecule has 0 radical (unpaired) electrons. The van der Waals surface area contributed by atoms with Gasteiger partial charge in [0.2, 0.25) is 0 Å². The van der Waals surface area contributed by atoms with Gasteiger partial charge < -0.3 is 5.32 Å². The molecule has 19 heavy (non-hydrogen) atoms. The van der Waals surface area contributed by atoms with Crippen molar-refractivity contribution in [3.05, 3.63) is 23.7 Å². The third-order valence-corrected chi connectivity index (χ3v) is 5.36. The van der Waals surface area contributed by atoms with Crippen LogP contribution >= 0.6 is 11.3 Å². The molecule has 102 valence electrons. The van der Waals surface area contributed by atoms with Gasteiger partial charge >= 0.3 is 0 Å². The highest BCUT2D eigenvalue weighted by atomic mass is 32.1. The highest BCUT2D eigenvalue weighted by Gasteiger charge is 2.19. The first-order valence-electron chi connectivity index (χ1n) is 7.43. The second-order valence-corrected chi connectivity index (χ2v) is 6.62. The Bertz CT molecular complexity index is 526. The van der Waals surface area contributed by atoms with E-state index in [9.17, 15) is 0 Å². The fourth-order valence-corrected chi connectivity index (χ4v) is 3.90. The number of hydrogen-bond donors (Lipinski definition) is 1. The lowest BCUT2D eigenvalue weighted by molar-refractivity contribution is 0.278. The third kappa shape index (κ3) is 2.92. The van der Waals surface area contributed by atoms with E-state index in [-0.39, 0.29) is 0 Å². The average molecular weight is 274 g/mol. The monoisotopic (exact) mass is 274 g/mol. The van der Waals surface area contributed by atoms with E-state index >= 15 is 0 Å². The zero-order valence-electron chi connectivity index (χ0n) is 11.6. The first kappa shape index (κ1) is 12.9. The summed E-state index contributed by atoms with van der Waals surface area (Å²) in [7, 11) is 0. The predicted molar refractivity (Wildman–Crippen MR) is 83.8 cm³/mol. The first-order chi connectivity index (χ1) is 9.36. The molecule has 2 aromatic heterocycles. The maximum absolute atomic E-state index is 4.49. The Morgan fingerprint density at radius 1 is 1.21 bits per heavy atom. The van der Waals surface area contributed by atoms with E-state index < -0.39 is 0 Å². The molecule has 3 heteroatoms. The molecular formula is C16H22N2S. The number of thiophene rings is 1. The predicted octanol–water partition coefficient (Wildman–Crippen LogP) is 4.92. The molecule has 1 aliphatic carbocycles. The van der Waals surface area contributed by atoms with Crippen molar-refractivity contribution in [3.8, 4) is 0 Å². The highest BCUT2D eigenvalue weighted by Crippen LogP contribution is 2.31. The number of aromatic nitrogens is 1. The number of rotatable bonds is 4. The Morgan fingerprint density at radius 3 is 2.79 bits per heavy atom. The van der Waals surface area contributed by atoms with E-state index in [0.717, 1.165) is 24.2 Å². The molecule has 0 unspecified atom stereocenters. The van der Waals surface area contributed by atoms with Crippen LogP contribution in [0.15, 0.2) is 23.7 Å². The van der Waals surface area contributed by atoms with Gasteiger partial charge in [0.1, 0.15) is 5.82 Å². The van der Waals surface area contributed by atoms with Crippen LogP contribution in [0.2, 0.25) is 0 Å². The molecule has 0 amide bonds. The molecule has 1 aliphatic rings. The van der Waals surface area contributed by atoms with Crippen molar-refractivity contribution in [2.75, 3.05) is 11.9 Å². The van der Waals surface area contributed by atoms with E-state index in [1.807, 2.05) is 6.20 Å². The van der Waals surface area contributed by atoms with Crippen molar-refractivity contribution in [2.24, 2.45) is 11.8 Å². The highest BCUT2D eigenvalue weighted by molar-refractivity contribution is 7.17. The molecule has 0 aliphatic heterocycles. The summed E-state index contributed by atoms with van der Waals surface area (Å²) in [5, 5.41) is 6.99. The zero-order chi connectivity index (χ0) is 13.1. The van der Waals surface area contributed by atoms with Crippen LogP contribution in [-0.4, -0.2) is 11.5 Å². The number of anilines is 1. The van der Waals surface area contributed by atoms with E-state index in [0.29, 0.717) is 0 Å². The van der Waals surface area contributed by atoms with Crippen LogP contribution in [0.3, 0.4) is 0 Å². The maximum Gasteiger partial charge on any atom is 0.134 e. The summed E-state index contributed by atoms with van der Waals surface area (Å²) in [6.45, 7) is 3.41. The van der Waals surface area contributed by atoms with Gasteiger partial charge in [-0.1, -0.05) is 26.2 Å². The maximum atomic E-state index is 4.49. The van der Waals surface area contributed by atoms with Gasteiger partial charge in [-0.3, -0.25) is 0 Å². The Balaban J connectivity index is 1.59. The third-order valence-electron chi connectivity index (χ3n) is 4.48. The van der Waals surface area contributed by atoms with E-state index in [1.54, 1.807) is 11.3 Å². The van der Waals surface area contributed by atoms with Crippen LogP contribution in [0.5, 0.6) is 0 Å². The molecule has 0 atom stereocenters. The molecule has 0 aromatic carbocycles. The Hall–Kier alpha value is -1.09. The number of pyridine rings is 1. The van der Waals surface area contributed by atoms with Crippen molar-refractivity contribution in [3.63, 3.8) is 0 Å². The van der Waals surface area contributed by atoms with Crippen LogP contribution < -0.4 is 5.32 Å².